The first-order valence-corrected chi connectivity index (χ1v) is 12.9. The molecule has 0 unspecified atom stereocenters. The van der Waals surface area contributed by atoms with Crippen molar-refractivity contribution in [1.82, 2.24) is 15.3 Å². The van der Waals surface area contributed by atoms with Crippen LogP contribution in [0.25, 0.3) is 11.0 Å². The first-order chi connectivity index (χ1) is 12.3. The molecule has 146 valence electrons. The van der Waals surface area contributed by atoms with E-state index < -0.39 is 19.8 Å². The highest BCUT2D eigenvalue weighted by Crippen LogP contribution is 2.23. The normalized spacial score (nSPS) is 13.2. The molecule has 1 atom stereocenters. The standard InChI is InChI=1S/C21H31N3O2Si/c1-14(2)18(24-20(25)26-21(3,4)5)19-22-16-10-9-15(13-17(16)23-19)11-12-27(6,7)8/h9-10,13-14,18H,1-8H3,(H,22,23)(H,24,25)/t18-/m0/s1. The lowest BCUT2D eigenvalue weighted by Crippen LogP contribution is -2.37. The maximum absolute atomic E-state index is 12.2. The third-order valence-electron chi connectivity index (χ3n) is 3.72. The van der Waals surface area contributed by atoms with E-state index in [0.29, 0.717) is 0 Å². The number of hydrogen-bond acceptors (Lipinski definition) is 3. The zero-order chi connectivity index (χ0) is 20.4. The van der Waals surface area contributed by atoms with Crippen molar-refractivity contribution >= 4 is 25.2 Å². The molecule has 0 aliphatic rings. The first kappa shape index (κ1) is 21.0. The van der Waals surface area contributed by atoms with Gasteiger partial charge in [0.25, 0.3) is 0 Å². The lowest BCUT2D eigenvalue weighted by Gasteiger charge is -2.24. The van der Waals surface area contributed by atoms with E-state index in [4.69, 9.17) is 4.74 Å². The zero-order valence-electron chi connectivity index (χ0n) is 17.7. The number of ether oxygens (including phenoxy) is 1. The molecule has 0 saturated carbocycles. The average Bonchev–Trinajstić information content (AvgIpc) is 2.90. The second kappa shape index (κ2) is 7.77. The molecule has 1 amide bonds. The number of hydrogen-bond donors (Lipinski definition) is 2. The van der Waals surface area contributed by atoms with Crippen molar-refractivity contribution in [3.8, 4) is 11.5 Å². The molecule has 2 aromatic rings. The fourth-order valence-corrected chi connectivity index (χ4v) is 3.02. The smallest absolute Gasteiger partial charge is 0.408 e. The number of H-pyrrole nitrogens is 1. The molecule has 0 aliphatic carbocycles. The zero-order valence-corrected chi connectivity index (χ0v) is 18.7. The topological polar surface area (TPSA) is 67.0 Å². The number of carbonyl (C=O) groups excluding carboxylic acids is 1. The summed E-state index contributed by atoms with van der Waals surface area (Å²) in [6, 6.07) is 5.72. The number of nitrogens with one attached hydrogen (secondary N) is 2. The molecule has 1 heterocycles. The van der Waals surface area contributed by atoms with Gasteiger partial charge in [-0.2, -0.15) is 0 Å². The van der Waals surface area contributed by atoms with E-state index in [9.17, 15) is 4.79 Å². The molecule has 2 rings (SSSR count). The van der Waals surface area contributed by atoms with Crippen molar-refractivity contribution in [2.45, 2.75) is 65.9 Å². The van der Waals surface area contributed by atoms with E-state index in [1.54, 1.807) is 0 Å². The number of benzene rings is 1. The Bertz CT molecular complexity index is 877. The second-order valence-electron chi connectivity index (χ2n) is 9.22. The van der Waals surface area contributed by atoms with Gasteiger partial charge in [-0.25, -0.2) is 9.78 Å². The van der Waals surface area contributed by atoms with Crippen molar-refractivity contribution in [3.05, 3.63) is 29.6 Å². The Morgan fingerprint density at radius 3 is 2.48 bits per heavy atom. The van der Waals surface area contributed by atoms with E-state index in [1.165, 1.54) is 0 Å². The number of amides is 1. The Hall–Kier alpha value is -2.26. The van der Waals surface area contributed by atoms with Gasteiger partial charge in [-0.3, -0.25) is 0 Å². The molecule has 0 aliphatic heterocycles. The van der Waals surface area contributed by atoms with Gasteiger partial charge >= 0.3 is 6.09 Å². The second-order valence-corrected chi connectivity index (χ2v) is 14.0. The van der Waals surface area contributed by atoms with Gasteiger partial charge < -0.3 is 15.0 Å². The Morgan fingerprint density at radius 1 is 1.26 bits per heavy atom. The quantitative estimate of drug-likeness (QED) is 0.576. The Morgan fingerprint density at radius 2 is 1.93 bits per heavy atom. The molecule has 1 aromatic heterocycles. The number of nitrogens with zero attached hydrogens (tertiary/aromatic N) is 1. The lowest BCUT2D eigenvalue weighted by atomic mass is 10.0. The van der Waals surface area contributed by atoms with Crippen molar-refractivity contribution in [3.63, 3.8) is 0 Å². The minimum absolute atomic E-state index is 0.157. The minimum atomic E-state index is -1.42. The fraction of sp³-hybridized carbons (Fsp3) is 0.524. The van der Waals surface area contributed by atoms with Gasteiger partial charge in [-0.1, -0.05) is 39.4 Å². The van der Waals surface area contributed by atoms with Crippen LogP contribution in [0.5, 0.6) is 0 Å². The predicted molar refractivity (Wildman–Crippen MR) is 113 cm³/mol. The van der Waals surface area contributed by atoms with Crippen molar-refractivity contribution in [1.29, 1.82) is 0 Å². The molecule has 0 spiro atoms. The average molecular weight is 386 g/mol. The van der Waals surface area contributed by atoms with Crippen LogP contribution in [0.2, 0.25) is 19.6 Å². The highest BCUT2D eigenvalue weighted by atomic mass is 28.3. The highest BCUT2D eigenvalue weighted by molar-refractivity contribution is 6.83. The Kier molecular flexibility index (Phi) is 6.06. The summed E-state index contributed by atoms with van der Waals surface area (Å²) in [5.41, 5.74) is 5.60. The monoisotopic (exact) mass is 385 g/mol. The summed E-state index contributed by atoms with van der Waals surface area (Å²) in [6.45, 7) is 16.3. The molecular formula is C21H31N3O2Si. The van der Waals surface area contributed by atoms with Gasteiger partial charge in [0.05, 0.1) is 17.1 Å². The summed E-state index contributed by atoms with van der Waals surface area (Å²) in [5, 5.41) is 2.93. The lowest BCUT2D eigenvalue weighted by molar-refractivity contribution is 0.0487. The van der Waals surface area contributed by atoms with E-state index >= 15 is 0 Å². The van der Waals surface area contributed by atoms with Gasteiger partial charge in [0, 0.05) is 5.56 Å². The molecule has 5 nitrogen and oxygen atoms in total. The molecule has 0 bridgehead atoms. The van der Waals surface area contributed by atoms with Crippen LogP contribution in [0.15, 0.2) is 18.2 Å². The van der Waals surface area contributed by atoms with Gasteiger partial charge in [0.1, 0.15) is 19.5 Å². The summed E-state index contributed by atoms with van der Waals surface area (Å²) in [7, 11) is -1.42. The first-order valence-electron chi connectivity index (χ1n) is 9.36. The van der Waals surface area contributed by atoms with Crippen LogP contribution in [-0.2, 0) is 4.74 Å². The van der Waals surface area contributed by atoms with Gasteiger partial charge in [0.2, 0.25) is 0 Å². The maximum atomic E-state index is 12.2. The number of aromatic amines is 1. The van der Waals surface area contributed by atoms with Crippen LogP contribution in [0.4, 0.5) is 4.79 Å². The third-order valence-corrected chi connectivity index (χ3v) is 4.59. The van der Waals surface area contributed by atoms with Crippen LogP contribution in [0.1, 0.15) is 52.0 Å². The fourth-order valence-electron chi connectivity index (χ4n) is 2.50. The van der Waals surface area contributed by atoms with Gasteiger partial charge in [-0.15, -0.1) is 5.54 Å². The molecule has 0 fully saturated rings. The maximum Gasteiger partial charge on any atom is 0.408 e. The largest absolute Gasteiger partial charge is 0.444 e. The SMILES string of the molecule is CC(C)[C@H](NC(=O)OC(C)(C)C)c1nc2ccc(C#C[Si](C)(C)C)cc2[nH]1. The minimum Gasteiger partial charge on any atom is -0.444 e. The van der Waals surface area contributed by atoms with Crippen LogP contribution < -0.4 is 5.32 Å². The highest BCUT2D eigenvalue weighted by Gasteiger charge is 2.25. The van der Waals surface area contributed by atoms with Crippen LogP contribution >= 0.6 is 0 Å². The van der Waals surface area contributed by atoms with Crippen molar-refractivity contribution in [2.75, 3.05) is 0 Å². The third kappa shape index (κ3) is 6.44. The summed E-state index contributed by atoms with van der Waals surface area (Å²) >= 11 is 0. The summed E-state index contributed by atoms with van der Waals surface area (Å²) in [4.78, 5) is 20.2. The van der Waals surface area contributed by atoms with Crippen molar-refractivity contribution in [2.24, 2.45) is 5.92 Å². The Balaban J connectivity index is 2.29. The molecule has 0 saturated heterocycles. The summed E-state index contributed by atoms with van der Waals surface area (Å²) in [5.74, 6) is 4.15. The summed E-state index contributed by atoms with van der Waals surface area (Å²) < 4.78 is 5.39. The van der Waals surface area contributed by atoms with Gasteiger partial charge in [0.15, 0.2) is 0 Å². The molecule has 6 heteroatoms. The molecule has 0 radical (unpaired) electrons. The van der Waals surface area contributed by atoms with E-state index in [-0.39, 0.29) is 12.0 Å². The number of alkyl carbamates (subject to hydrolysis) is 1. The van der Waals surface area contributed by atoms with E-state index in [1.807, 2.05) is 52.8 Å². The van der Waals surface area contributed by atoms with E-state index in [2.05, 4.69) is 46.4 Å². The van der Waals surface area contributed by atoms with Crippen LogP contribution in [0, 0.1) is 17.4 Å². The number of fused-ring (bicyclic) bond motifs is 1. The van der Waals surface area contributed by atoms with E-state index in [0.717, 1.165) is 22.4 Å². The Labute approximate surface area is 163 Å². The number of aromatic nitrogens is 2. The molecule has 2 N–H and O–H groups in total. The number of rotatable bonds is 3. The predicted octanol–water partition coefficient (Wildman–Crippen LogP) is 5.01. The molecular weight excluding hydrogens is 354 g/mol. The number of carbonyl (C=O) groups is 1. The van der Waals surface area contributed by atoms with Gasteiger partial charge in [-0.05, 0) is 44.9 Å². The van der Waals surface area contributed by atoms with Crippen molar-refractivity contribution < 1.29 is 9.53 Å². The molecule has 1 aromatic carbocycles. The van der Waals surface area contributed by atoms with Crippen LogP contribution in [0.3, 0.4) is 0 Å². The molecule has 27 heavy (non-hydrogen) atoms. The van der Waals surface area contributed by atoms with Crippen LogP contribution in [-0.4, -0.2) is 29.7 Å². The number of imidazole rings is 1. The summed E-state index contributed by atoms with van der Waals surface area (Å²) in [6.07, 6.45) is -0.441.